The molecule has 0 atom stereocenters. The summed E-state index contributed by atoms with van der Waals surface area (Å²) in [4.78, 5) is 0. The Bertz CT molecular complexity index is 339. The van der Waals surface area contributed by atoms with Crippen LogP contribution in [0.1, 0.15) is 52.2 Å². The summed E-state index contributed by atoms with van der Waals surface area (Å²) < 4.78 is 0. The van der Waals surface area contributed by atoms with Gasteiger partial charge in [-0.1, -0.05) is 58.9 Å². The second-order valence-electron chi connectivity index (χ2n) is 6.56. The Morgan fingerprint density at radius 3 is 2.00 bits per heavy atom. The van der Waals surface area contributed by atoms with E-state index in [9.17, 15) is 0 Å². The molecule has 0 N–H and O–H groups in total. The summed E-state index contributed by atoms with van der Waals surface area (Å²) in [5.41, 5.74) is 3.68. The maximum atomic E-state index is 2.38. The quantitative estimate of drug-likeness (QED) is 0.669. The van der Waals surface area contributed by atoms with Gasteiger partial charge >= 0.3 is 0 Å². The molecule has 0 aliphatic rings. The van der Waals surface area contributed by atoms with Crippen molar-refractivity contribution < 1.29 is 0 Å². The highest BCUT2D eigenvalue weighted by molar-refractivity contribution is 5.25. The van der Waals surface area contributed by atoms with Gasteiger partial charge in [-0.2, -0.15) is 0 Å². The van der Waals surface area contributed by atoms with Crippen LogP contribution in [0.3, 0.4) is 0 Å². The monoisotopic (exact) mass is 218 g/mol. The molecule has 0 heteroatoms. The smallest absolute Gasteiger partial charge is 0.0271 e. The fourth-order valence-electron chi connectivity index (χ4n) is 1.71. The van der Waals surface area contributed by atoms with Crippen molar-refractivity contribution in [3.63, 3.8) is 0 Å². The lowest BCUT2D eigenvalue weighted by Gasteiger charge is -2.39. The third kappa shape index (κ3) is 3.10. The molecule has 0 amide bonds. The first-order valence-electron chi connectivity index (χ1n) is 6.28. The zero-order valence-corrected chi connectivity index (χ0v) is 11.7. The second kappa shape index (κ2) is 4.61. The SMILES string of the molecule is Cc1ccccc1CCC(C)(C)C(C)(C)C. The van der Waals surface area contributed by atoms with Gasteiger partial charge < -0.3 is 0 Å². The lowest BCUT2D eigenvalue weighted by molar-refractivity contribution is 0.120. The first kappa shape index (κ1) is 13.3. The van der Waals surface area contributed by atoms with Crippen molar-refractivity contribution in [3.05, 3.63) is 35.4 Å². The summed E-state index contributed by atoms with van der Waals surface area (Å²) in [5.74, 6) is 0. The molecule has 1 aromatic carbocycles. The van der Waals surface area contributed by atoms with E-state index in [0.29, 0.717) is 10.8 Å². The van der Waals surface area contributed by atoms with Crippen molar-refractivity contribution in [3.8, 4) is 0 Å². The molecule has 0 aliphatic carbocycles. The number of hydrogen-bond donors (Lipinski definition) is 0. The summed E-state index contributed by atoms with van der Waals surface area (Å²) in [7, 11) is 0. The number of benzene rings is 1. The predicted octanol–water partition coefficient (Wildman–Crippen LogP) is 5.00. The van der Waals surface area contributed by atoms with Crippen LogP contribution in [0.4, 0.5) is 0 Å². The minimum absolute atomic E-state index is 0.371. The largest absolute Gasteiger partial charge is 0.0620 e. The van der Waals surface area contributed by atoms with E-state index in [1.165, 1.54) is 24.0 Å². The van der Waals surface area contributed by atoms with Crippen molar-refractivity contribution in [2.75, 3.05) is 0 Å². The highest BCUT2D eigenvalue weighted by atomic mass is 14.4. The standard InChI is InChI=1S/C16H26/c1-13-9-7-8-10-14(13)11-12-16(5,6)15(2,3)4/h7-10H,11-12H2,1-6H3. The molecule has 0 unspecified atom stereocenters. The van der Waals surface area contributed by atoms with Gasteiger partial charge in [-0.05, 0) is 41.7 Å². The van der Waals surface area contributed by atoms with Crippen molar-refractivity contribution in [2.45, 2.75) is 54.4 Å². The maximum Gasteiger partial charge on any atom is -0.0271 e. The highest BCUT2D eigenvalue weighted by Gasteiger charge is 2.32. The molecule has 0 nitrogen and oxygen atoms in total. The fourth-order valence-corrected chi connectivity index (χ4v) is 1.71. The molecule has 1 aromatic rings. The van der Waals surface area contributed by atoms with Gasteiger partial charge in [-0.25, -0.2) is 0 Å². The van der Waals surface area contributed by atoms with E-state index >= 15 is 0 Å². The van der Waals surface area contributed by atoms with Crippen LogP contribution in [0.15, 0.2) is 24.3 Å². The molecule has 0 radical (unpaired) electrons. The molecule has 0 saturated carbocycles. The van der Waals surface area contributed by atoms with Crippen LogP contribution < -0.4 is 0 Å². The van der Waals surface area contributed by atoms with Gasteiger partial charge in [0.1, 0.15) is 0 Å². The number of hydrogen-bond acceptors (Lipinski definition) is 0. The Hall–Kier alpha value is -0.780. The Morgan fingerprint density at radius 2 is 1.50 bits per heavy atom. The first-order chi connectivity index (χ1) is 7.24. The van der Waals surface area contributed by atoms with Gasteiger partial charge in [0.25, 0.3) is 0 Å². The van der Waals surface area contributed by atoms with Crippen LogP contribution in [0.25, 0.3) is 0 Å². The van der Waals surface area contributed by atoms with Crippen LogP contribution in [-0.4, -0.2) is 0 Å². The lowest BCUT2D eigenvalue weighted by Crippen LogP contribution is -2.30. The maximum absolute atomic E-state index is 2.38. The van der Waals surface area contributed by atoms with Gasteiger partial charge in [-0.3, -0.25) is 0 Å². The summed E-state index contributed by atoms with van der Waals surface area (Å²) in [6.07, 6.45) is 2.44. The zero-order chi connectivity index (χ0) is 12.4. The molecule has 0 aromatic heterocycles. The van der Waals surface area contributed by atoms with Crippen LogP contribution in [-0.2, 0) is 6.42 Å². The molecule has 0 heterocycles. The van der Waals surface area contributed by atoms with Crippen molar-refractivity contribution in [1.82, 2.24) is 0 Å². The Kier molecular flexibility index (Phi) is 3.83. The van der Waals surface area contributed by atoms with Crippen LogP contribution in [0.5, 0.6) is 0 Å². The van der Waals surface area contributed by atoms with E-state index in [1.807, 2.05) is 0 Å². The van der Waals surface area contributed by atoms with E-state index in [4.69, 9.17) is 0 Å². The van der Waals surface area contributed by atoms with E-state index in [1.54, 1.807) is 0 Å². The zero-order valence-electron chi connectivity index (χ0n) is 11.7. The molecule has 0 fully saturated rings. The first-order valence-corrected chi connectivity index (χ1v) is 6.28. The Labute approximate surface area is 101 Å². The fraction of sp³-hybridized carbons (Fsp3) is 0.625. The number of aryl methyl sites for hydroxylation is 2. The minimum Gasteiger partial charge on any atom is -0.0620 e. The van der Waals surface area contributed by atoms with E-state index < -0.39 is 0 Å². The van der Waals surface area contributed by atoms with E-state index in [0.717, 1.165) is 0 Å². The van der Waals surface area contributed by atoms with Crippen LogP contribution in [0, 0.1) is 17.8 Å². The van der Waals surface area contributed by atoms with Crippen LogP contribution in [0.2, 0.25) is 0 Å². The third-order valence-corrected chi connectivity index (χ3v) is 4.31. The van der Waals surface area contributed by atoms with Crippen molar-refractivity contribution >= 4 is 0 Å². The van der Waals surface area contributed by atoms with Gasteiger partial charge in [0.15, 0.2) is 0 Å². The van der Waals surface area contributed by atoms with Crippen LogP contribution >= 0.6 is 0 Å². The van der Waals surface area contributed by atoms with Crippen molar-refractivity contribution in [1.29, 1.82) is 0 Å². The van der Waals surface area contributed by atoms with Gasteiger partial charge in [-0.15, -0.1) is 0 Å². The normalized spacial score (nSPS) is 12.9. The third-order valence-electron chi connectivity index (χ3n) is 4.31. The molecule has 1 rings (SSSR count). The van der Waals surface area contributed by atoms with E-state index in [-0.39, 0.29) is 0 Å². The molecule has 90 valence electrons. The highest BCUT2D eigenvalue weighted by Crippen LogP contribution is 2.41. The molecule has 0 bridgehead atoms. The Morgan fingerprint density at radius 1 is 0.938 bits per heavy atom. The summed E-state index contributed by atoms with van der Waals surface area (Å²) in [5, 5.41) is 0. The molecule has 0 aliphatic heterocycles. The van der Waals surface area contributed by atoms with E-state index in [2.05, 4.69) is 65.8 Å². The molecular weight excluding hydrogens is 192 g/mol. The number of rotatable bonds is 3. The van der Waals surface area contributed by atoms with Gasteiger partial charge in [0.2, 0.25) is 0 Å². The summed E-state index contributed by atoms with van der Waals surface area (Å²) >= 11 is 0. The lowest BCUT2D eigenvalue weighted by atomic mass is 9.66. The van der Waals surface area contributed by atoms with Gasteiger partial charge in [0, 0.05) is 0 Å². The van der Waals surface area contributed by atoms with Gasteiger partial charge in [0.05, 0.1) is 0 Å². The molecular formula is C16H26. The molecule has 0 spiro atoms. The summed E-state index contributed by atoms with van der Waals surface area (Å²) in [6, 6.07) is 8.73. The second-order valence-corrected chi connectivity index (χ2v) is 6.56. The average molecular weight is 218 g/mol. The molecule has 0 saturated heterocycles. The molecule has 16 heavy (non-hydrogen) atoms. The predicted molar refractivity (Wildman–Crippen MR) is 72.7 cm³/mol. The summed E-state index contributed by atoms with van der Waals surface area (Å²) in [6.45, 7) is 14.0. The minimum atomic E-state index is 0.371. The topological polar surface area (TPSA) is 0 Å². The Balaban J connectivity index is 2.69. The van der Waals surface area contributed by atoms with Crippen molar-refractivity contribution in [2.24, 2.45) is 10.8 Å². The average Bonchev–Trinajstić information content (AvgIpc) is 2.15.